The van der Waals surface area contributed by atoms with Gasteiger partial charge in [0.2, 0.25) is 17.4 Å². The molecule has 0 fully saturated rings. The average molecular weight is 610 g/mol. The summed E-state index contributed by atoms with van der Waals surface area (Å²) in [6.45, 7) is 0.494. The van der Waals surface area contributed by atoms with E-state index in [-0.39, 0.29) is 28.1 Å². The summed E-state index contributed by atoms with van der Waals surface area (Å²) in [7, 11) is 1.79. The predicted molar refractivity (Wildman–Crippen MR) is 149 cm³/mol. The molecule has 4 aromatic rings. The van der Waals surface area contributed by atoms with Crippen LogP contribution >= 0.6 is 11.8 Å². The van der Waals surface area contributed by atoms with Crippen LogP contribution in [-0.2, 0) is 0 Å². The largest absolute Gasteiger partial charge is 0.504 e. The number of rotatable bonds is 9. The monoisotopic (exact) mass is 609 g/mol. The van der Waals surface area contributed by atoms with Crippen LogP contribution in [0.25, 0.3) is 0 Å². The van der Waals surface area contributed by atoms with E-state index in [1.807, 2.05) is 4.90 Å². The summed E-state index contributed by atoms with van der Waals surface area (Å²) in [5.74, 6) is -7.02. The third-order valence-electron chi connectivity index (χ3n) is 6.07. The zero-order valence-corrected chi connectivity index (χ0v) is 22.8. The summed E-state index contributed by atoms with van der Waals surface area (Å²) in [4.78, 5) is 29.4. The van der Waals surface area contributed by atoms with E-state index < -0.39 is 52.6 Å². The molecule has 0 amide bonds. The zero-order chi connectivity index (χ0) is 30.8. The number of amidine groups is 1. The first-order valence-electron chi connectivity index (χ1n) is 12.2. The lowest BCUT2D eigenvalue weighted by Gasteiger charge is -2.22. The fourth-order valence-corrected chi connectivity index (χ4v) is 4.70. The Morgan fingerprint density at radius 3 is 2.58 bits per heavy atom. The van der Waals surface area contributed by atoms with E-state index in [0.717, 1.165) is 18.0 Å². The highest BCUT2D eigenvalue weighted by atomic mass is 32.2. The Kier molecular flexibility index (Phi) is 8.05. The van der Waals surface area contributed by atoms with Gasteiger partial charge in [0.15, 0.2) is 22.5 Å². The molecule has 220 valence electrons. The predicted octanol–water partition coefficient (Wildman–Crippen LogP) is 4.29. The number of nitrogen functional groups attached to an aromatic ring is 1. The molecule has 0 radical (unpaired) electrons. The molecule has 0 aliphatic carbocycles. The number of pyridine rings is 1. The molecule has 13 nitrogen and oxygen atoms in total. The van der Waals surface area contributed by atoms with Gasteiger partial charge in [0.25, 0.3) is 5.88 Å². The number of carboxylic acid groups (broad SMARTS) is 1. The molecule has 43 heavy (non-hydrogen) atoms. The number of phenols is 1. The van der Waals surface area contributed by atoms with E-state index in [1.54, 1.807) is 25.4 Å². The normalized spacial score (nSPS) is 14.5. The van der Waals surface area contributed by atoms with Gasteiger partial charge in [-0.25, -0.2) is 19.2 Å². The minimum atomic E-state index is -1.38. The number of carboxylic acids is 1. The number of nitrogens with two attached hydrogens (primary N) is 1. The van der Waals surface area contributed by atoms with E-state index in [2.05, 4.69) is 19.9 Å². The molecule has 0 saturated heterocycles. The number of aliphatic imine (C=N–C) groups is 1. The van der Waals surface area contributed by atoms with Crippen molar-refractivity contribution in [1.82, 2.24) is 19.9 Å². The molecule has 1 unspecified atom stereocenters. The fourth-order valence-electron chi connectivity index (χ4n) is 3.93. The van der Waals surface area contributed by atoms with Crippen molar-refractivity contribution in [3.8, 4) is 34.8 Å². The lowest BCUT2D eigenvalue weighted by atomic mass is 10.1. The number of benzene rings is 2. The Balaban J connectivity index is 1.49. The highest BCUT2D eigenvalue weighted by molar-refractivity contribution is 7.99. The first-order chi connectivity index (χ1) is 20.5. The zero-order valence-electron chi connectivity index (χ0n) is 22.0. The molecule has 5 rings (SSSR count). The SMILES string of the molecule is CN1CC=NC1c1cc(Sc2ncc(C(=O)O)c(O)n2)ccc1Oc1c(F)cnc(Oc2cc(C(=N)N)ccc2O)c1F. The lowest BCUT2D eigenvalue weighted by molar-refractivity contribution is 0.0692. The van der Waals surface area contributed by atoms with Crippen molar-refractivity contribution in [2.75, 3.05) is 13.6 Å². The van der Waals surface area contributed by atoms with Gasteiger partial charge in [-0.3, -0.25) is 15.3 Å². The number of nitrogens with zero attached hydrogens (tertiary/aromatic N) is 5. The van der Waals surface area contributed by atoms with Crippen molar-refractivity contribution in [1.29, 1.82) is 5.41 Å². The lowest BCUT2D eigenvalue weighted by Crippen LogP contribution is -2.19. The van der Waals surface area contributed by atoms with Gasteiger partial charge in [0, 0.05) is 35.0 Å². The standard InChI is InChI=1S/C27H21F2N7O6S/c1-36-7-6-32-23(36)14-9-13(43-27-34-10-15(26(39)40)24(38)35-27)3-5-18(14)41-21-16(28)11-33-25(20(21)29)42-19-8-12(22(30)31)2-4-17(19)37/h2-6,8-11,23,37H,7H2,1H3,(H3,30,31)(H,39,40)(H,34,35,38). The van der Waals surface area contributed by atoms with E-state index in [0.29, 0.717) is 23.2 Å². The van der Waals surface area contributed by atoms with Gasteiger partial charge in [-0.05, 0) is 55.2 Å². The number of hydrogen-bond donors (Lipinski definition) is 5. The maximum Gasteiger partial charge on any atom is 0.342 e. The van der Waals surface area contributed by atoms with Gasteiger partial charge >= 0.3 is 5.97 Å². The number of ether oxygens (including phenoxy) is 2. The summed E-state index contributed by atoms with van der Waals surface area (Å²) in [6, 6.07) is 8.39. The smallest absolute Gasteiger partial charge is 0.342 e. The van der Waals surface area contributed by atoms with Crippen LogP contribution in [0.3, 0.4) is 0 Å². The topological polar surface area (TPSA) is 200 Å². The van der Waals surface area contributed by atoms with Crippen molar-refractivity contribution >= 4 is 29.8 Å². The van der Waals surface area contributed by atoms with Crippen molar-refractivity contribution in [3.05, 3.63) is 77.1 Å². The molecule has 2 aromatic carbocycles. The van der Waals surface area contributed by atoms with E-state index in [4.69, 9.17) is 25.7 Å². The Bertz CT molecular complexity index is 1790. The van der Waals surface area contributed by atoms with Crippen LogP contribution in [0.5, 0.6) is 34.8 Å². The van der Waals surface area contributed by atoms with Gasteiger partial charge in [0.05, 0.1) is 6.20 Å². The second-order valence-corrected chi connectivity index (χ2v) is 10.0. The minimum Gasteiger partial charge on any atom is -0.504 e. The second kappa shape index (κ2) is 11.9. The van der Waals surface area contributed by atoms with Gasteiger partial charge in [-0.2, -0.15) is 9.37 Å². The van der Waals surface area contributed by atoms with E-state index in [9.17, 15) is 19.4 Å². The third kappa shape index (κ3) is 6.14. The number of nitrogens with one attached hydrogen (secondary N) is 1. The minimum absolute atomic E-state index is 0.0432. The van der Waals surface area contributed by atoms with Crippen molar-refractivity contribution in [3.63, 3.8) is 0 Å². The van der Waals surface area contributed by atoms with Crippen LogP contribution in [0.15, 0.2) is 63.8 Å². The number of carbonyl (C=O) groups is 1. The molecular formula is C27H21F2N7O6S. The molecule has 2 aromatic heterocycles. The van der Waals surface area contributed by atoms with Crippen molar-refractivity contribution < 1.29 is 38.4 Å². The van der Waals surface area contributed by atoms with Crippen LogP contribution in [0.2, 0.25) is 0 Å². The van der Waals surface area contributed by atoms with Crippen LogP contribution in [0.1, 0.15) is 27.7 Å². The molecule has 1 aliphatic heterocycles. The molecule has 3 heterocycles. The molecule has 0 saturated carbocycles. The highest BCUT2D eigenvalue weighted by Gasteiger charge is 2.27. The van der Waals surface area contributed by atoms with Gasteiger partial charge in [-0.15, -0.1) is 0 Å². The van der Waals surface area contributed by atoms with Gasteiger partial charge < -0.3 is 30.5 Å². The first-order valence-corrected chi connectivity index (χ1v) is 13.0. The second-order valence-electron chi connectivity index (χ2n) is 9.00. The molecule has 0 bridgehead atoms. The molecule has 1 atom stereocenters. The van der Waals surface area contributed by atoms with E-state index >= 15 is 4.39 Å². The third-order valence-corrected chi connectivity index (χ3v) is 6.94. The van der Waals surface area contributed by atoms with Crippen LogP contribution in [0, 0.1) is 17.0 Å². The summed E-state index contributed by atoms with van der Waals surface area (Å²) in [6.07, 6.45) is 2.75. The molecule has 0 spiro atoms. The average Bonchev–Trinajstić information content (AvgIpc) is 3.39. The fraction of sp³-hybridized carbons (Fsp3) is 0.111. The highest BCUT2D eigenvalue weighted by Crippen LogP contribution is 2.41. The molecular weight excluding hydrogens is 588 g/mol. The number of aromatic carboxylic acids is 1. The number of halogens is 2. The van der Waals surface area contributed by atoms with Crippen LogP contribution in [-0.4, -0.2) is 66.8 Å². The Morgan fingerprint density at radius 2 is 1.91 bits per heavy atom. The number of aromatic hydroxyl groups is 2. The van der Waals surface area contributed by atoms with Crippen LogP contribution in [0.4, 0.5) is 8.78 Å². The number of aromatic nitrogens is 3. The maximum atomic E-state index is 15.5. The van der Waals surface area contributed by atoms with Gasteiger partial charge in [0.1, 0.15) is 23.3 Å². The van der Waals surface area contributed by atoms with Crippen LogP contribution < -0.4 is 15.2 Å². The molecule has 6 N–H and O–H groups in total. The number of phenolic OH excluding ortho intramolecular Hbond substituents is 1. The number of hydrogen-bond acceptors (Lipinski definition) is 12. The maximum absolute atomic E-state index is 15.5. The Hall–Kier alpha value is -5.35. The Labute approximate surface area is 245 Å². The first kappa shape index (κ1) is 29.2. The summed E-state index contributed by atoms with van der Waals surface area (Å²) in [5.41, 5.74) is 5.62. The van der Waals surface area contributed by atoms with Crippen molar-refractivity contribution in [2.45, 2.75) is 16.2 Å². The van der Waals surface area contributed by atoms with Crippen molar-refractivity contribution in [2.24, 2.45) is 10.7 Å². The summed E-state index contributed by atoms with van der Waals surface area (Å²) >= 11 is 0.999. The van der Waals surface area contributed by atoms with Gasteiger partial charge in [-0.1, -0.05) is 0 Å². The summed E-state index contributed by atoms with van der Waals surface area (Å²) < 4.78 is 41.6. The summed E-state index contributed by atoms with van der Waals surface area (Å²) in [5, 5.41) is 36.8. The quantitative estimate of drug-likeness (QED) is 0.103. The Morgan fingerprint density at radius 1 is 1.12 bits per heavy atom. The molecule has 16 heteroatoms. The molecule has 1 aliphatic rings. The van der Waals surface area contributed by atoms with E-state index in [1.165, 1.54) is 24.3 Å².